The first-order valence-corrected chi connectivity index (χ1v) is 14.1. The third-order valence-electron chi connectivity index (χ3n) is 8.16. The first kappa shape index (κ1) is 36.7. The second kappa shape index (κ2) is 19.6. The third-order valence-corrected chi connectivity index (χ3v) is 8.16. The van der Waals surface area contributed by atoms with E-state index >= 15 is 0 Å². The van der Waals surface area contributed by atoms with Crippen molar-refractivity contribution in [2.45, 2.75) is 128 Å². The second-order valence-corrected chi connectivity index (χ2v) is 11.8. The van der Waals surface area contributed by atoms with Gasteiger partial charge in [-0.25, -0.2) is 0 Å². The lowest BCUT2D eigenvalue weighted by atomic mass is 9.84. The van der Waals surface area contributed by atoms with Crippen molar-refractivity contribution >= 4 is 8.41 Å². The van der Waals surface area contributed by atoms with E-state index in [4.69, 9.17) is 0 Å². The Kier molecular flexibility index (Phi) is 20.0. The van der Waals surface area contributed by atoms with Crippen LogP contribution in [0.15, 0.2) is 36.4 Å². The maximum absolute atomic E-state index is 2.37. The molecule has 203 valence electrons. The smallest absolute Gasteiger partial charge is 0 e. The van der Waals surface area contributed by atoms with Gasteiger partial charge in [-0.3, -0.25) is 0 Å². The highest BCUT2D eigenvalue weighted by molar-refractivity contribution is 5.75. The maximum Gasteiger partial charge on any atom is 0 e. The van der Waals surface area contributed by atoms with Crippen LogP contribution >= 0.6 is 0 Å². The molecule has 2 saturated carbocycles. The predicted octanol–water partition coefficient (Wildman–Crippen LogP) is 11.1. The molecule has 0 spiro atoms. The van der Waals surface area contributed by atoms with Crippen LogP contribution < -0.4 is 0 Å². The standard InChI is InChI=1S/C10H14.2C8H16.C8H10.CH4.B/c1-7-5-6-8(2)10(4)9(7)3;3*1-7-3-5-8(2)6-4-7;;/h5-6H,1-4H3;2*7-8H,3-6H2,1-2H3;3-6H,1-2H3;1H4;. The molecule has 2 aromatic carbocycles. The third kappa shape index (κ3) is 15.6. The van der Waals surface area contributed by atoms with Gasteiger partial charge in [0.2, 0.25) is 0 Å². The fourth-order valence-corrected chi connectivity index (χ4v) is 4.58. The Hall–Kier alpha value is -1.50. The van der Waals surface area contributed by atoms with Crippen LogP contribution in [-0.4, -0.2) is 8.41 Å². The summed E-state index contributed by atoms with van der Waals surface area (Å²) in [6.45, 7) is 22.3. The molecule has 3 radical (unpaired) electrons. The van der Waals surface area contributed by atoms with E-state index in [1.54, 1.807) is 0 Å². The molecular formula is C35H60B. The van der Waals surface area contributed by atoms with Crippen LogP contribution in [0.5, 0.6) is 0 Å². The summed E-state index contributed by atoms with van der Waals surface area (Å²) in [4.78, 5) is 0. The van der Waals surface area contributed by atoms with Gasteiger partial charge in [0.05, 0.1) is 0 Å². The van der Waals surface area contributed by atoms with Crippen molar-refractivity contribution in [1.82, 2.24) is 0 Å². The minimum atomic E-state index is 0. The molecule has 0 bridgehead atoms. The van der Waals surface area contributed by atoms with Gasteiger partial charge >= 0.3 is 0 Å². The molecule has 4 rings (SSSR count). The zero-order valence-electron chi connectivity index (χ0n) is 25.0. The summed E-state index contributed by atoms with van der Waals surface area (Å²) in [6, 6.07) is 12.8. The van der Waals surface area contributed by atoms with Crippen LogP contribution in [0.3, 0.4) is 0 Å². The van der Waals surface area contributed by atoms with Crippen molar-refractivity contribution in [3.8, 4) is 0 Å². The minimum absolute atomic E-state index is 0. The van der Waals surface area contributed by atoms with Gasteiger partial charge in [0.25, 0.3) is 0 Å². The van der Waals surface area contributed by atoms with Crippen LogP contribution in [0.2, 0.25) is 0 Å². The average Bonchev–Trinajstić information content (AvgIpc) is 2.82. The molecule has 0 saturated heterocycles. The highest BCUT2D eigenvalue weighted by Gasteiger charge is 2.13. The molecule has 0 atom stereocenters. The molecule has 0 aliphatic heterocycles. The van der Waals surface area contributed by atoms with Crippen molar-refractivity contribution in [2.24, 2.45) is 23.7 Å². The summed E-state index contributed by atoms with van der Waals surface area (Å²) >= 11 is 0. The highest BCUT2D eigenvalue weighted by Crippen LogP contribution is 2.28. The minimum Gasteiger partial charge on any atom is -0.0776 e. The van der Waals surface area contributed by atoms with E-state index < -0.39 is 0 Å². The van der Waals surface area contributed by atoms with E-state index in [0.717, 1.165) is 23.7 Å². The molecule has 2 aliphatic carbocycles. The van der Waals surface area contributed by atoms with E-state index in [1.807, 2.05) is 0 Å². The molecular weight excluding hydrogens is 431 g/mol. The van der Waals surface area contributed by atoms with E-state index in [-0.39, 0.29) is 15.8 Å². The van der Waals surface area contributed by atoms with Gasteiger partial charge in [0.1, 0.15) is 0 Å². The quantitative estimate of drug-likeness (QED) is 0.321. The van der Waals surface area contributed by atoms with Gasteiger partial charge in [-0.2, -0.15) is 0 Å². The molecule has 2 aromatic rings. The number of rotatable bonds is 0. The Bertz CT molecular complexity index is 700. The van der Waals surface area contributed by atoms with Crippen molar-refractivity contribution in [1.29, 1.82) is 0 Å². The van der Waals surface area contributed by atoms with Crippen molar-refractivity contribution in [2.75, 3.05) is 0 Å². The second-order valence-electron chi connectivity index (χ2n) is 11.8. The molecule has 0 amide bonds. The van der Waals surface area contributed by atoms with Crippen LogP contribution in [0.25, 0.3) is 0 Å². The lowest BCUT2D eigenvalue weighted by Gasteiger charge is -2.22. The van der Waals surface area contributed by atoms with Crippen molar-refractivity contribution in [3.63, 3.8) is 0 Å². The highest BCUT2D eigenvalue weighted by atomic mass is 14.2. The lowest BCUT2D eigenvalue weighted by Crippen LogP contribution is -2.08. The average molecular weight is 492 g/mol. The molecule has 0 unspecified atom stereocenters. The van der Waals surface area contributed by atoms with Crippen LogP contribution in [0, 0.1) is 65.2 Å². The lowest BCUT2D eigenvalue weighted by molar-refractivity contribution is 0.308. The van der Waals surface area contributed by atoms with Crippen LogP contribution in [-0.2, 0) is 0 Å². The SMILES string of the molecule is C.CC1CCC(C)CC1.CC1CCC(C)CC1.Cc1ccc(C)c(C)c1C.Cc1ccc(C)cc1.[B]. The molecule has 0 aromatic heterocycles. The summed E-state index contributed by atoms with van der Waals surface area (Å²) in [7, 11) is 0. The van der Waals surface area contributed by atoms with E-state index in [1.165, 1.54) is 84.7 Å². The Labute approximate surface area is 229 Å². The first-order chi connectivity index (χ1) is 16.0. The molecule has 0 nitrogen and oxygen atoms in total. The van der Waals surface area contributed by atoms with Crippen molar-refractivity contribution < 1.29 is 0 Å². The van der Waals surface area contributed by atoms with Gasteiger partial charge in [0, 0.05) is 8.41 Å². The predicted molar refractivity (Wildman–Crippen MR) is 167 cm³/mol. The van der Waals surface area contributed by atoms with Crippen LogP contribution in [0.1, 0.15) is 120 Å². The Balaban J connectivity index is 0. The van der Waals surface area contributed by atoms with Gasteiger partial charge in [-0.05, 0) is 87.5 Å². The number of aryl methyl sites for hydroxylation is 4. The summed E-state index contributed by atoms with van der Waals surface area (Å²) in [5.74, 6) is 4.08. The molecule has 1 heteroatoms. The van der Waals surface area contributed by atoms with Crippen molar-refractivity contribution in [3.05, 3.63) is 69.8 Å². The van der Waals surface area contributed by atoms with Gasteiger partial charge in [-0.1, -0.05) is 134 Å². The van der Waals surface area contributed by atoms with Gasteiger partial charge in [0.15, 0.2) is 0 Å². The van der Waals surface area contributed by atoms with Crippen LogP contribution in [0.4, 0.5) is 0 Å². The topological polar surface area (TPSA) is 0 Å². The molecule has 36 heavy (non-hydrogen) atoms. The zero-order valence-corrected chi connectivity index (χ0v) is 25.0. The fraction of sp³-hybridized carbons (Fsp3) is 0.657. The number of hydrogen-bond acceptors (Lipinski definition) is 0. The molecule has 0 N–H and O–H groups in total. The fourth-order valence-electron chi connectivity index (χ4n) is 4.58. The summed E-state index contributed by atoms with van der Waals surface area (Å²) in [6.07, 6.45) is 11.8. The number of benzene rings is 2. The Morgan fingerprint density at radius 1 is 0.417 bits per heavy atom. The van der Waals surface area contributed by atoms with Gasteiger partial charge in [-0.15, -0.1) is 0 Å². The number of hydrogen-bond donors (Lipinski definition) is 0. The van der Waals surface area contributed by atoms with E-state index in [9.17, 15) is 0 Å². The first-order valence-electron chi connectivity index (χ1n) is 14.1. The summed E-state index contributed by atoms with van der Waals surface area (Å²) in [5.41, 5.74) is 8.30. The summed E-state index contributed by atoms with van der Waals surface area (Å²) in [5, 5.41) is 0. The molecule has 2 aliphatic rings. The van der Waals surface area contributed by atoms with Gasteiger partial charge < -0.3 is 0 Å². The zero-order chi connectivity index (χ0) is 25.7. The Morgan fingerprint density at radius 3 is 0.806 bits per heavy atom. The molecule has 0 heterocycles. The Morgan fingerprint density at radius 2 is 0.611 bits per heavy atom. The molecule has 2 fully saturated rings. The normalized spacial score (nSPS) is 22.5. The van der Waals surface area contributed by atoms with E-state index in [0.29, 0.717) is 0 Å². The monoisotopic (exact) mass is 491 g/mol. The maximum atomic E-state index is 2.37. The largest absolute Gasteiger partial charge is 0.0776 e. The van der Waals surface area contributed by atoms with E-state index in [2.05, 4.69) is 106 Å². The summed E-state index contributed by atoms with van der Waals surface area (Å²) < 4.78 is 0.